The smallest absolute Gasteiger partial charge is 0.139 e. The van der Waals surface area contributed by atoms with Crippen LogP contribution in [-0.4, -0.2) is 19.7 Å². The van der Waals surface area contributed by atoms with E-state index in [-0.39, 0.29) is 0 Å². The molecule has 0 atom stereocenters. The number of hydrogen-bond donors (Lipinski definition) is 1. The SMILES string of the molecule is C=C(CNCCC)COc1cc(Br)ccc1Cl. The van der Waals surface area contributed by atoms with E-state index in [4.69, 9.17) is 16.3 Å². The van der Waals surface area contributed by atoms with Crippen molar-refractivity contribution in [3.05, 3.63) is 39.8 Å². The third-order valence-corrected chi connectivity index (χ3v) is 2.93. The van der Waals surface area contributed by atoms with Crippen molar-refractivity contribution in [2.24, 2.45) is 0 Å². The van der Waals surface area contributed by atoms with Crippen LogP contribution in [-0.2, 0) is 0 Å². The van der Waals surface area contributed by atoms with Crippen LogP contribution in [0.2, 0.25) is 5.02 Å². The Morgan fingerprint density at radius 3 is 3.00 bits per heavy atom. The molecule has 0 amide bonds. The van der Waals surface area contributed by atoms with Gasteiger partial charge in [0.25, 0.3) is 0 Å². The minimum atomic E-state index is 0.479. The second-order valence-corrected chi connectivity index (χ2v) is 5.11. The maximum absolute atomic E-state index is 6.02. The summed E-state index contributed by atoms with van der Waals surface area (Å²) in [6.07, 6.45) is 1.12. The van der Waals surface area contributed by atoms with Gasteiger partial charge in [0.15, 0.2) is 0 Å². The highest BCUT2D eigenvalue weighted by atomic mass is 79.9. The van der Waals surface area contributed by atoms with Gasteiger partial charge in [0.2, 0.25) is 0 Å². The molecular formula is C13H17BrClNO. The summed E-state index contributed by atoms with van der Waals surface area (Å²) in [6.45, 7) is 8.34. The van der Waals surface area contributed by atoms with Gasteiger partial charge in [-0.3, -0.25) is 0 Å². The molecule has 0 aliphatic heterocycles. The fourth-order valence-electron chi connectivity index (χ4n) is 1.26. The molecule has 1 N–H and O–H groups in total. The molecule has 1 aromatic carbocycles. The average Bonchev–Trinajstić information content (AvgIpc) is 2.31. The fourth-order valence-corrected chi connectivity index (χ4v) is 1.77. The first-order chi connectivity index (χ1) is 8.13. The van der Waals surface area contributed by atoms with E-state index in [9.17, 15) is 0 Å². The normalized spacial score (nSPS) is 10.3. The van der Waals surface area contributed by atoms with Gasteiger partial charge >= 0.3 is 0 Å². The average molecular weight is 319 g/mol. The second kappa shape index (κ2) is 7.75. The van der Waals surface area contributed by atoms with Crippen LogP contribution >= 0.6 is 27.5 Å². The van der Waals surface area contributed by atoms with Crippen LogP contribution in [0.25, 0.3) is 0 Å². The van der Waals surface area contributed by atoms with Crippen LogP contribution in [0.1, 0.15) is 13.3 Å². The highest BCUT2D eigenvalue weighted by molar-refractivity contribution is 9.10. The molecular weight excluding hydrogens is 302 g/mol. The van der Waals surface area contributed by atoms with Crippen LogP contribution in [0.5, 0.6) is 5.75 Å². The van der Waals surface area contributed by atoms with Crippen molar-refractivity contribution in [1.29, 1.82) is 0 Å². The monoisotopic (exact) mass is 317 g/mol. The fraction of sp³-hybridized carbons (Fsp3) is 0.385. The molecule has 0 spiro atoms. The molecule has 0 radical (unpaired) electrons. The maximum Gasteiger partial charge on any atom is 0.139 e. The molecule has 17 heavy (non-hydrogen) atoms. The van der Waals surface area contributed by atoms with Gasteiger partial charge in [-0.15, -0.1) is 0 Å². The third-order valence-electron chi connectivity index (χ3n) is 2.13. The van der Waals surface area contributed by atoms with E-state index in [1.807, 2.05) is 12.1 Å². The third kappa shape index (κ3) is 5.57. The topological polar surface area (TPSA) is 21.3 Å². The van der Waals surface area contributed by atoms with Crippen LogP contribution in [0.15, 0.2) is 34.8 Å². The van der Waals surface area contributed by atoms with Gasteiger partial charge in [0.05, 0.1) is 5.02 Å². The number of rotatable bonds is 7. The Kier molecular flexibility index (Phi) is 6.63. The Hall–Kier alpha value is -0.510. The van der Waals surface area contributed by atoms with Gasteiger partial charge in [0.1, 0.15) is 12.4 Å². The summed E-state index contributed by atoms with van der Waals surface area (Å²) in [5, 5.41) is 3.89. The summed E-state index contributed by atoms with van der Waals surface area (Å²) in [4.78, 5) is 0. The Balaban J connectivity index is 2.39. The van der Waals surface area contributed by atoms with Gasteiger partial charge < -0.3 is 10.1 Å². The van der Waals surface area contributed by atoms with Crippen LogP contribution in [0.4, 0.5) is 0 Å². The zero-order chi connectivity index (χ0) is 12.7. The minimum Gasteiger partial charge on any atom is -0.488 e. The highest BCUT2D eigenvalue weighted by Gasteiger charge is 2.03. The lowest BCUT2D eigenvalue weighted by Gasteiger charge is -2.11. The Bertz CT molecular complexity index is 382. The Labute approximate surface area is 116 Å². The van der Waals surface area contributed by atoms with Crippen LogP contribution in [0.3, 0.4) is 0 Å². The first-order valence-electron chi connectivity index (χ1n) is 5.58. The summed E-state index contributed by atoms with van der Waals surface area (Å²) < 4.78 is 6.56. The largest absolute Gasteiger partial charge is 0.488 e. The lowest BCUT2D eigenvalue weighted by molar-refractivity contribution is 0.348. The Morgan fingerprint density at radius 2 is 2.29 bits per heavy atom. The van der Waals surface area contributed by atoms with Crippen LogP contribution < -0.4 is 10.1 Å². The van der Waals surface area contributed by atoms with E-state index < -0.39 is 0 Å². The molecule has 0 fully saturated rings. The van der Waals surface area contributed by atoms with Crippen molar-refractivity contribution in [3.63, 3.8) is 0 Å². The first-order valence-corrected chi connectivity index (χ1v) is 6.75. The molecule has 0 heterocycles. The molecule has 0 unspecified atom stereocenters. The van der Waals surface area contributed by atoms with Crippen molar-refractivity contribution in [2.45, 2.75) is 13.3 Å². The van der Waals surface area contributed by atoms with E-state index in [1.165, 1.54) is 0 Å². The molecule has 0 saturated carbocycles. The van der Waals surface area contributed by atoms with Crippen molar-refractivity contribution in [1.82, 2.24) is 5.32 Å². The lowest BCUT2D eigenvalue weighted by atomic mass is 10.3. The number of benzene rings is 1. The molecule has 94 valence electrons. The van der Waals surface area contributed by atoms with Gasteiger partial charge in [0, 0.05) is 11.0 Å². The lowest BCUT2D eigenvalue weighted by Crippen LogP contribution is -2.20. The van der Waals surface area contributed by atoms with E-state index in [0.29, 0.717) is 17.4 Å². The number of halogens is 2. The molecule has 4 heteroatoms. The number of nitrogens with one attached hydrogen (secondary N) is 1. The molecule has 1 aromatic rings. The molecule has 2 nitrogen and oxygen atoms in total. The summed E-state index contributed by atoms with van der Waals surface area (Å²) in [5.74, 6) is 0.678. The molecule has 1 rings (SSSR count). The van der Waals surface area contributed by atoms with Crippen LogP contribution in [0, 0.1) is 0 Å². The van der Waals surface area contributed by atoms with Gasteiger partial charge in [-0.05, 0) is 36.7 Å². The predicted octanol–water partition coefficient (Wildman–Crippen LogP) is 4.04. The Morgan fingerprint density at radius 1 is 1.53 bits per heavy atom. The number of ether oxygens (including phenoxy) is 1. The molecule has 0 aliphatic carbocycles. The molecule has 0 bridgehead atoms. The zero-order valence-electron chi connectivity index (χ0n) is 9.93. The van der Waals surface area contributed by atoms with E-state index in [0.717, 1.165) is 29.6 Å². The molecule has 0 aliphatic rings. The van der Waals surface area contributed by atoms with Gasteiger partial charge in [-0.1, -0.05) is 41.0 Å². The van der Waals surface area contributed by atoms with E-state index in [2.05, 4.69) is 34.7 Å². The van der Waals surface area contributed by atoms with Crippen molar-refractivity contribution < 1.29 is 4.74 Å². The van der Waals surface area contributed by atoms with Crippen molar-refractivity contribution >= 4 is 27.5 Å². The molecule has 0 saturated heterocycles. The van der Waals surface area contributed by atoms with E-state index >= 15 is 0 Å². The van der Waals surface area contributed by atoms with E-state index in [1.54, 1.807) is 6.07 Å². The molecule has 0 aromatic heterocycles. The summed E-state index contributed by atoms with van der Waals surface area (Å²) >= 11 is 9.40. The minimum absolute atomic E-state index is 0.479. The standard InChI is InChI=1S/C13H17BrClNO/c1-3-6-16-8-10(2)9-17-13-7-11(14)4-5-12(13)15/h4-5,7,16H,2-3,6,8-9H2,1H3. The van der Waals surface area contributed by atoms with Gasteiger partial charge in [-0.25, -0.2) is 0 Å². The maximum atomic E-state index is 6.02. The summed E-state index contributed by atoms with van der Waals surface area (Å²) in [7, 11) is 0. The van der Waals surface area contributed by atoms with Crippen molar-refractivity contribution in [3.8, 4) is 5.75 Å². The van der Waals surface area contributed by atoms with Crippen molar-refractivity contribution in [2.75, 3.05) is 19.7 Å². The summed E-state index contributed by atoms with van der Waals surface area (Å²) in [5.41, 5.74) is 1.01. The number of hydrogen-bond acceptors (Lipinski definition) is 2. The second-order valence-electron chi connectivity index (χ2n) is 3.79. The van der Waals surface area contributed by atoms with Gasteiger partial charge in [-0.2, -0.15) is 0 Å². The first kappa shape index (κ1) is 14.6. The highest BCUT2D eigenvalue weighted by Crippen LogP contribution is 2.28. The predicted molar refractivity (Wildman–Crippen MR) is 76.9 cm³/mol. The zero-order valence-corrected chi connectivity index (χ0v) is 12.3. The quantitative estimate of drug-likeness (QED) is 0.605. The summed E-state index contributed by atoms with van der Waals surface area (Å²) in [6, 6.07) is 5.54.